The Morgan fingerprint density at radius 1 is 1.11 bits per heavy atom. The van der Waals surface area contributed by atoms with Gasteiger partial charge in [-0.05, 0) is 86.0 Å². The van der Waals surface area contributed by atoms with Gasteiger partial charge in [0.25, 0.3) is 11.8 Å². The lowest BCUT2D eigenvalue weighted by Crippen LogP contribution is -2.58. The molecule has 4 aliphatic rings. The molecule has 0 aromatic heterocycles. The van der Waals surface area contributed by atoms with E-state index >= 15 is 0 Å². The van der Waals surface area contributed by atoms with Crippen molar-refractivity contribution in [3.05, 3.63) is 65.4 Å². The van der Waals surface area contributed by atoms with Gasteiger partial charge in [0, 0.05) is 52.9 Å². The molecule has 0 radical (unpaired) electrons. The number of nitrogens with zero attached hydrogens (tertiary/aromatic N) is 3. The fourth-order valence-corrected chi connectivity index (χ4v) is 7.29. The van der Waals surface area contributed by atoms with E-state index in [0.717, 1.165) is 56.9 Å². The van der Waals surface area contributed by atoms with Crippen LogP contribution in [-0.4, -0.2) is 135 Å². The quantitative estimate of drug-likeness (QED) is 0.0817. The molecule has 0 atom stereocenters. The highest BCUT2D eigenvalue weighted by atomic mass is 16.5. The third kappa shape index (κ3) is 11.7. The van der Waals surface area contributed by atoms with Gasteiger partial charge in [0.1, 0.15) is 17.1 Å². The van der Waals surface area contributed by atoms with Gasteiger partial charge >= 0.3 is 0 Å². The number of piperidine rings is 1. The normalized spacial score (nSPS) is 18.1. The Morgan fingerprint density at radius 3 is 2.75 bits per heavy atom. The first kappa shape index (κ1) is 40.2. The second-order valence-electron chi connectivity index (χ2n) is 15.2. The first-order valence-electron chi connectivity index (χ1n) is 19.7. The summed E-state index contributed by atoms with van der Waals surface area (Å²) in [6.45, 7) is 7.77. The number of anilines is 1. The van der Waals surface area contributed by atoms with E-state index in [2.05, 4.69) is 45.1 Å². The Kier molecular flexibility index (Phi) is 14.2. The number of carbonyl (C=O) groups excluding carboxylic acids is 3. The molecule has 2 aromatic rings. The van der Waals surface area contributed by atoms with Crippen molar-refractivity contribution in [3.63, 3.8) is 0 Å². The summed E-state index contributed by atoms with van der Waals surface area (Å²) in [4.78, 5) is 43.2. The third-order valence-electron chi connectivity index (χ3n) is 10.8. The van der Waals surface area contributed by atoms with Gasteiger partial charge in [-0.15, -0.1) is 0 Å². The minimum absolute atomic E-state index is 0.0130. The number of carbonyl (C=O) groups is 3. The molecule has 2 saturated heterocycles. The number of phenols is 1. The van der Waals surface area contributed by atoms with Crippen LogP contribution in [-0.2, 0) is 43.2 Å². The zero-order valence-electron chi connectivity index (χ0n) is 32.1. The van der Waals surface area contributed by atoms with Crippen molar-refractivity contribution in [3.8, 4) is 11.5 Å². The van der Waals surface area contributed by atoms with Crippen LogP contribution < -0.4 is 20.7 Å². The van der Waals surface area contributed by atoms with Gasteiger partial charge in [0.05, 0.1) is 38.4 Å². The van der Waals surface area contributed by atoms with Gasteiger partial charge in [-0.2, -0.15) is 0 Å². The van der Waals surface area contributed by atoms with Crippen molar-refractivity contribution in [1.82, 2.24) is 25.3 Å². The number of rotatable bonds is 19. The highest BCUT2D eigenvalue weighted by Crippen LogP contribution is 2.39. The molecule has 3 aliphatic heterocycles. The Balaban J connectivity index is 0.826. The van der Waals surface area contributed by atoms with Crippen molar-refractivity contribution < 1.29 is 33.7 Å². The lowest BCUT2D eigenvalue weighted by atomic mass is 9.89. The van der Waals surface area contributed by atoms with E-state index in [9.17, 15) is 19.5 Å². The van der Waals surface area contributed by atoms with Crippen LogP contribution in [0.15, 0.2) is 48.7 Å². The first-order chi connectivity index (χ1) is 26.7. The predicted molar refractivity (Wildman–Crippen MR) is 209 cm³/mol. The van der Waals surface area contributed by atoms with E-state index in [1.165, 1.54) is 24.0 Å². The zero-order valence-corrected chi connectivity index (χ0v) is 32.1. The van der Waals surface area contributed by atoms with Crippen LogP contribution in [0, 0.1) is 11.3 Å². The van der Waals surface area contributed by atoms with Gasteiger partial charge in [0.2, 0.25) is 5.91 Å². The summed E-state index contributed by atoms with van der Waals surface area (Å²) in [5, 5.41) is 27.5. The molecule has 1 saturated carbocycles. The number of likely N-dealkylation sites (N-methyl/N-ethyl adjacent to an activating group) is 1. The molecule has 5 N–H and O–H groups in total. The van der Waals surface area contributed by atoms with E-state index in [1.807, 2.05) is 0 Å². The molecule has 1 aliphatic carbocycles. The van der Waals surface area contributed by atoms with Gasteiger partial charge in [-0.3, -0.25) is 24.7 Å². The molecule has 298 valence electrons. The number of likely N-dealkylation sites (tertiary alicyclic amines) is 1. The Morgan fingerprint density at radius 2 is 1.93 bits per heavy atom. The molecular formula is C41H57N7O7. The summed E-state index contributed by atoms with van der Waals surface area (Å²) in [5.41, 5.74) is 3.32. The second-order valence-corrected chi connectivity index (χ2v) is 15.2. The SMILES string of the molecule is CN(CCNCCc1ccc(O)c2c1OCC(=O)N2)C(=O)CCOCCc1cccc(CN2CCC3(CC2)CN(C(=O)C(=N)/C=C\NCC2CC2)CCO3)c1. The molecule has 1 spiro atoms. The number of aromatic hydroxyl groups is 1. The lowest BCUT2D eigenvalue weighted by Gasteiger charge is -2.47. The summed E-state index contributed by atoms with van der Waals surface area (Å²) < 4.78 is 17.7. The number of benzene rings is 2. The largest absolute Gasteiger partial charge is 0.506 e. The third-order valence-corrected chi connectivity index (χ3v) is 10.8. The Bertz CT molecular complexity index is 1690. The van der Waals surface area contributed by atoms with E-state index in [4.69, 9.17) is 19.6 Å². The van der Waals surface area contributed by atoms with Crippen molar-refractivity contribution in [2.24, 2.45) is 5.92 Å². The maximum Gasteiger partial charge on any atom is 0.271 e. The number of fused-ring (bicyclic) bond motifs is 1. The van der Waals surface area contributed by atoms with Crippen LogP contribution in [0.4, 0.5) is 5.69 Å². The molecule has 6 rings (SSSR count). The number of morpholine rings is 1. The summed E-state index contributed by atoms with van der Waals surface area (Å²) in [6, 6.07) is 11.9. The fraction of sp³-hybridized carbons (Fsp3) is 0.561. The lowest BCUT2D eigenvalue weighted by molar-refractivity contribution is -0.154. The maximum atomic E-state index is 13.0. The topological polar surface area (TPSA) is 169 Å². The summed E-state index contributed by atoms with van der Waals surface area (Å²) in [5.74, 6) is 0.739. The fourth-order valence-electron chi connectivity index (χ4n) is 7.29. The van der Waals surface area contributed by atoms with Gasteiger partial charge < -0.3 is 45.1 Å². The molecule has 2 aromatic carbocycles. The maximum absolute atomic E-state index is 13.0. The predicted octanol–water partition coefficient (Wildman–Crippen LogP) is 2.69. The summed E-state index contributed by atoms with van der Waals surface area (Å²) in [6.07, 6.45) is 9.27. The highest BCUT2D eigenvalue weighted by molar-refractivity contribution is 6.41. The number of phenolic OH excluding ortho intramolecular Hbond substituents is 1. The molecule has 14 nitrogen and oxygen atoms in total. The van der Waals surface area contributed by atoms with Crippen LogP contribution in [0.1, 0.15) is 48.8 Å². The average Bonchev–Trinajstić information content (AvgIpc) is 4.02. The van der Waals surface area contributed by atoms with E-state index in [-0.39, 0.29) is 41.4 Å². The molecule has 14 heteroatoms. The number of hydrogen-bond acceptors (Lipinski definition) is 11. The highest BCUT2D eigenvalue weighted by Gasteiger charge is 2.41. The van der Waals surface area contributed by atoms with Gasteiger partial charge in [0.15, 0.2) is 12.4 Å². The van der Waals surface area contributed by atoms with Crippen LogP contribution in [0.3, 0.4) is 0 Å². The van der Waals surface area contributed by atoms with E-state index in [0.29, 0.717) is 76.8 Å². The van der Waals surface area contributed by atoms with Gasteiger partial charge in [-0.1, -0.05) is 30.3 Å². The number of ether oxygens (including phenoxy) is 3. The Labute approximate surface area is 324 Å². The zero-order chi connectivity index (χ0) is 38.6. The minimum atomic E-state index is -0.348. The molecule has 3 amide bonds. The smallest absolute Gasteiger partial charge is 0.271 e. The Hall–Kier alpha value is -4.50. The van der Waals surface area contributed by atoms with E-state index in [1.54, 1.807) is 41.3 Å². The summed E-state index contributed by atoms with van der Waals surface area (Å²) >= 11 is 0. The van der Waals surface area contributed by atoms with Crippen LogP contribution in [0.5, 0.6) is 11.5 Å². The molecule has 0 bridgehead atoms. The summed E-state index contributed by atoms with van der Waals surface area (Å²) in [7, 11) is 1.80. The minimum Gasteiger partial charge on any atom is -0.506 e. The number of nitrogens with one attached hydrogen (secondary N) is 4. The molecular weight excluding hydrogens is 702 g/mol. The van der Waals surface area contributed by atoms with Crippen molar-refractivity contribution in [2.75, 3.05) is 91.2 Å². The molecule has 3 fully saturated rings. The molecule has 0 unspecified atom stereocenters. The van der Waals surface area contributed by atoms with Crippen LogP contribution >= 0.6 is 0 Å². The monoisotopic (exact) mass is 759 g/mol. The average molecular weight is 760 g/mol. The first-order valence-corrected chi connectivity index (χ1v) is 19.7. The molecule has 55 heavy (non-hydrogen) atoms. The van der Waals surface area contributed by atoms with Gasteiger partial charge in [-0.25, -0.2) is 0 Å². The van der Waals surface area contributed by atoms with Crippen molar-refractivity contribution in [2.45, 2.75) is 57.1 Å². The van der Waals surface area contributed by atoms with Crippen LogP contribution in [0.25, 0.3) is 0 Å². The second kappa shape index (κ2) is 19.4. The van der Waals surface area contributed by atoms with Crippen LogP contribution in [0.2, 0.25) is 0 Å². The van der Waals surface area contributed by atoms with Crippen molar-refractivity contribution >= 4 is 29.1 Å². The van der Waals surface area contributed by atoms with Crippen molar-refractivity contribution in [1.29, 1.82) is 5.41 Å². The van der Waals surface area contributed by atoms with E-state index < -0.39 is 0 Å². The number of amides is 3. The number of hydrogen-bond donors (Lipinski definition) is 5. The molecule has 3 heterocycles. The standard InChI is InChI=1S/C41H57N7O7/c1-46(20-17-43-15-9-33-7-8-35(49)38-39(33)54-28-36(50)45-38)37(51)12-23-53-22-11-30-3-2-4-32(25-30)27-47-18-13-41(14-19-47)29-48(21-24-55-41)40(52)34(42)10-16-44-26-31-5-6-31/h2-4,7-8,10,16,25,31,42-44,49H,5-6,9,11-15,17-24,26-29H2,1H3,(H,45,50)/b16-10-,42-34?.